The largest absolute Gasteiger partial charge is 0.505 e. The Kier molecular flexibility index (Phi) is 6.38. The van der Waals surface area contributed by atoms with Gasteiger partial charge in [-0.3, -0.25) is 4.79 Å². The van der Waals surface area contributed by atoms with Crippen molar-refractivity contribution in [3.8, 4) is 5.75 Å². The second-order valence-corrected chi connectivity index (χ2v) is 7.44. The first-order valence-electron chi connectivity index (χ1n) is 9.43. The molecule has 0 saturated carbocycles. The molecule has 3 aromatic rings. The number of furan rings is 1. The molecule has 0 bridgehead atoms. The highest BCUT2D eigenvalue weighted by atomic mass is 32.1. The number of phenolic OH excluding ortho intramolecular Hbond substituents is 1. The predicted octanol–water partition coefficient (Wildman–Crippen LogP) is 4.63. The first-order valence-corrected chi connectivity index (χ1v) is 10.2. The highest BCUT2D eigenvalue weighted by molar-refractivity contribution is 6.99. The molecule has 0 unspecified atom stereocenters. The third-order valence-corrected chi connectivity index (χ3v) is 5.15. The van der Waals surface area contributed by atoms with E-state index in [0.717, 1.165) is 29.5 Å². The second-order valence-electron chi connectivity index (χ2n) is 6.91. The van der Waals surface area contributed by atoms with Crippen molar-refractivity contribution in [3.63, 3.8) is 0 Å². The van der Waals surface area contributed by atoms with Crippen LogP contribution in [0.5, 0.6) is 5.75 Å². The average Bonchev–Trinajstić information content (AvgIpc) is 3.37. The Hall–Kier alpha value is -3.07. The number of hydrogen-bond donors (Lipinski definition) is 4. The Morgan fingerprint density at radius 3 is 2.69 bits per heavy atom. The fourth-order valence-corrected chi connectivity index (χ4v) is 3.32. The van der Waals surface area contributed by atoms with Gasteiger partial charge in [-0.05, 0) is 36.1 Å². The Morgan fingerprint density at radius 2 is 2.03 bits per heavy atom. The molecule has 0 fully saturated rings. The van der Waals surface area contributed by atoms with Gasteiger partial charge in [0.2, 0.25) is 0 Å². The standard InChI is InChI=1S/C20H25N5O3S/c1-5-14(16-9-12(10-28-16)11(2)3)22-18-19(25-29-24-18)23-15-8-6-7-13(17(15)26)20(27)21-4/h6-11,14,26H,5H2,1-4H3,(H,21,27)(H,22,24)(H,23,25)/t14-/m1/s1. The summed E-state index contributed by atoms with van der Waals surface area (Å²) in [6, 6.07) is 6.89. The van der Waals surface area contributed by atoms with Crippen LogP contribution in [-0.2, 0) is 0 Å². The fourth-order valence-electron chi connectivity index (χ4n) is 2.85. The van der Waals surface area contributed by atoms with E-state index in [4.69, 9.17) is 4.42 Å². The third-order valence-electron chi connectivity index (χ3n) is 4.62. The van der Waals surface area contributed by atoms with E-state index < -0.39 is 0 Å². The lowest BCUT2D eigenvalue weighted by atomic mass is 10.1. The molecule has 154 valence electrons. The fraction of sp³-hybridized carbons (Fsp3) is 0.350. The van der Waals surface area contributed by atoms with Crippen LogP contribution >= 0.6 is 11.7 Å². The molecule has 0 saturated heterocycles. The summed E-state index contributed by atoms with van der Waals surface area (Å²) in [6.45, 7) is 6.30. The van der Waals surface area contributed by atoms with Crippen molar-refractivity contribution in [1.29, 1.82) is 0 Å². The molecule has 0 spiro atoms. The molecule has 1 atom stereocenters. The smallest absolute Gasteiger partial charge is 0.254 e. The van der Waals surface area contributed by atoms with Gasteiger partial charge in [0.1, 0.15) is 5.76 Å². The molecule has 2 heterocycles. The van der Waals surface area contributed by atoms with Gasteiger partial charge in [-0.15, -0.1) is 0 Å². The minimum Gasteiger partial charge on any atom is -0.505 e. The Labute approximate surface area is 173 Å². The highest BCUT2D eigenvalue weighted by Gasteiger charge is 2.20. The monoisotopic (exact) mass is 415 g/mol. The number of aromatic hydroxyl groups is 1. The number of amides is 1. The summed E-state index contributed by atoms with van der Waals surface area (Å²) < 4.78 is 14.3. The summed E-state index contributed by atoms with van der Waals surface area (Å²) in [5, 5.41) is 19.4. The molecule has 8 nitrogen and oxygen atoms in total. The highest BCUT2D eigenvalue weighted by Crippen LogP contribution is 2.34. The van der Waals surface area contributed by atoms with Crippen LogP contribution in [0, 0.1) is 0 Å². The van der Waals surface area contributed by atoms with E-state index in [0.29, 0.717) is 23.2 Å². The van der Waals surface area contributed by atoms with Crippen LogP contribution in [0.4, 0.5) is 17.3 Å². The number of carbonyl (C=O) groups is 1. The van der Waals surface area contributed by atoms with Crippen molar-refractivity contribution in [2.24, 2.45) is 0 Å². The Morgan fingerprint density at radius 1 is 1.28 bits per heavy atom. The van der Waals surface area contributed by atoms with Crippen molar-refractivity contribution >= 4 is 35.0 Å². The average molecular weight is 416 g/mol. The zero-order valence-electron chi connectivity index (χ0n) is 16.8. The lowest BCUT2D eigenvalue weighted by Crippen LogP contribution is -2.18. The predicted molar refractivity (Wildman–Crippen MR) is 114 cm³/mol. The zero-order valence-corrected chi connectivity index (χ0v) is 17.6. The number of anilines is 3. The van der Waals surface area contributed by atoms with Crippen molar-refractivity contribution in [2.75, 3.05) is 17.7 Å². The molecule has 0 aliphatic heterocycles. The number of phenols is 1. The summed E-state index contributed by atoms with van der Waals surface area (Å²) in [5.74, 6) is 1.72. The number of nitrogens with one attached hydrogen (secondary N) is 3. The molecule has 29 heavy (non-hydrogen) atoms. The number of carbonyl (C=O) groups excluding carboxylic acids is 1. The number of para-hydroxylation sites is 1. The van der Waals surface area contributed by atoms with Gasteiger partial charge in [0.25, 0.3) is 5.91 Å². The molecule has 1 aromatic carbocycles. The van der Waals surface area contributed by atoms with Crippen LogP contribution < -0.4 is 16.0 Å². The van der Waals surface area contributed by atoms with Gasteiger partial charge in [-0.1, -0.05) is 26.8 Å². The molecule has 4 N–H and O–H groups in total. The SMILES string of the molecule is CC[C@@H](Nc1nsnc1Nc1cccc(C(=O)NC)c1O)c1cc(C(C)C)co1. The van der Waals surface area contributed by atoms with Gasteiger partial charge in [-0.25, -0.2) is 0 Å². The van der Waals surface area contributed by atoms with Crippen molar-refractivity contribution in [2.45, 2.75) is 39.2 Å². The van der Waals surface area contributed by atoms with Crippen molar-refractivity contribution in [3.05, 3.63) is 47.4 Å². The molecule has 0 aliphatic rings. The molecule has 1 amide bonds. The maximum atomic E-state index is 11.9. The Bertz CT molecular complexity index is 982. The van der Waals surface area contributed by atoms with Crippen LogP contribution in [0.1, 0.15) is 60.8 Å². The summed E-state index contributed by atoms with van der Waals surface area (Å²) in [4.78, 5) is 11.9. The van der Waals surface area contributed by atoms with E-state index >= 15 is 0 Å². The van der Waals surface area contributed by atoms with Crippen molar-refractivity contribution in [1.82, 2.24) is 14.1 Å². The summed E-state index contributed by atoms with van der Waals surface area (Å²) in [6.07, 6.45) is 2.57. The summed E-state index contributed by atoms with van der Waals surface area (Å²) >= 11 is 1.05. The molecular weight excluding hydrogens is 390 g/mol. The minimum absolute atomic E-state index is 0.0715. The van der Waals surface area contributed by atoms with Crippen LogP contribution in [0.25, 0.3) is 0 Å². The van der Waals surface area contributed by atoms with Gasteiger partial charge < -0.3 is 25.5 Å². The molecule has 2 aromatic heterocycles. The number of nitrogens with zero attached hydrogens (tertiary/aromatic N) is 2. The van der Waals surface area contributed by atoms with Gasteiger partial charge in [0.05, 0.1) is 35.3 Å². The van der Waals surface area contributed by atoms with Gasteiger partial charge in [0.15, 0.2) is 17.4 Å². The maximum absolute atomic E-state index is 11.9. The first-order chi connectivity index (χ1) is 13.9. The van der Waals surface area contributed by atoms with E-state index in [-0.39, 0.29) is 23.3 Å². The number of benzene rings is 1. The first kappa shape index (κ1) is 20.7. The Balaban J connectivity index is 1.81. The number of hydrogen-bond acceptors (Lipinski definition) is 8. The minimum atomic E-state index is -0.370. The number of aromatic nitrogens is 2. The van der Waals surface area contributed by atoms with E-state index in [9.17, 15) is 9.90 Å². The van der Waals surface area contributed by atoms with E-state index in [1.165, 1.54) is 7.05 Å². The van der Waals surface area contributed by atoms with E-state index in [1.54, 1.807) is 24.5 Å². The lowest BCUT2D eigenvalue weighted by Gasteiger charge is -2.16. The lowest BCUT2D eigenvalue weighted by molar-refractivity contribution is 0.0960. The van der Waals surface area contributed by atoms with Crippen LogP contribution in [0.2, 0.25) is 0 Å². The second kappa shape index (κ2) is 8.95. The topological polar surface area (TPSA) is 112 Å². The van der Waals surface area contributed by atoms with Crippen LogP contribution in [0.15, 0.2) is 34.9 Å². The van der Waals surface area contributed by atoms with Gasteiger partial charge in [0, 0.05) is 7.05 Å². The molecular formula is C20H25N5O3S. The van der Waals surface area contributed by atoms with E-state index in [1.807, 2.05) is 0 Å². The quantitative estimate of drug-likeness (QED) is 0.397. The van der Waals surface area contributed by atoms with E-state index in [2.05, 4.69) is 51.5 Å². The maximum Gasteiger partial charge on any atom is 0.254 e. The zero-order chi connectivity index (χ0) is 21.0. The molecule has 0 aliphatic carbocycles. The normalized spacial score (nSPS) is 12.0. The van der Waals surface area contributed by atoms with Crippen LogP contribution in [-0.4, -0.2) is 26.8 Å². The van der Waals surface area contributed by atoms with Crippen LogP contribution in [0.3, 0.4) is 0 Å². The van der Waals surface area contributed by atoms with Crippen molar-refractivity contribution < 1.29 is 14.3 Å². The molecule has 0 radical (unpaired) electrons. The molecule has 9 heteroatoms. The summed E-state index contributed by atoms with van der Waals surface area (Å²) in [7, 11) is 1.51. The van der Waals surface area contributed by atoms with Gasteiger partial charge in [-0.2, -0.15) is 8.75 Å². The van der Waals surface area contributed by atoms with Gasteiger partial charge >= 0.3 is 0 Å². The molecule has 3 rings (SSSR count). The number of rotatable bonds is 8. The third kappa shape index (κ3) is 4.51. The summed E-state index contributed by atoms with van der Waals surface area (Å²) in [5.41, 5.74) is 1.69.